The number of nitrogens with one attached hydrogen (secondary N) is 1. The van der Waals surface area contributed by atoms with Gasteiger partial charge in [0.1, 0.15) is 0 Å². The number of amides is 1. The van der Waals surface area contributed by atoms with Gasteiger partial charge in [-0.05, 0) is 24.5 Å². The highest BCUT2D eigenvalue weighted by molar-refractivity contribution is 5.79. The summed E-state index contributed by atoms with van der Waals surface area (Å²) in [6.07, 6.45) is -4.85. The van der Waals surface area contributed by atoms with Gasteiger partial charge in [-0.3, -0.25) is 9.59 Å². The van der Waals surface area contributed by atoms with Crippen LogP contribution in [0.3, 0.4) is 0 Å². The van der Waals surface area contributed by atoms with Gasteiger partial charge in [0, 0.05) is 13.5 Å². The topological polar surface area (TPSA) is 75.6 Å². The summed E-state index contributed by atoms with van der Waals surface area (Å²) in [6.45, 7) is 3.18. The van der Waals surface area contributed by atoms with E-state index in [0.717, 1.165) is 12.1 Å². The van der Waals surface area contributed by atoms with Crippen LogP contribution < -0.4 is 5.32 Å². The van der Waals surface area contributed by atoms with Crippen LogP contribution in [0.25, 0.3) is 0 Å². The summed E-state index contributed by atoms with van der Waals surface area (Å²) in [5.74, 6) is -2.00. The normalized spacial score (nSPS) is 15.3. The molecule has 2 unspecified atom stereocenters. The number of methoxy groups -OCH3 is 1. The standard InChI is InChI=1S/C17H22F3NO4/c1-11(12-5-4-6-13(8-12)17(18,19)20)7-14(22)21-16(2,10-25-3)9-15(23)24/h4-6,8,11H,7,9-10H2,1-3H3,(H,21,22)(H,23,24). The Hall–Kier alpha value is -2.09. The van der Waals surface area contributed by atoms with Crippen molar-refractivity contribution in [1.29, 1.82) is 0 Å². The average Bonchev–Trinajstić information content (AvgIpc) is 2.45. The number of carbonyl (C=O) groups is 2. The minimum atomic E-state index is -4.45. The number of alkyl halides is 3. The number of carboxylic acid groups (broad SMARTS) is 1. The second-order valence-corrected chi connectivity index (χ2v) is 6.34. The third-order valence-electron chi connectivity index (χ3n) is 3.72. The van der Waals surface area contributed by atoms with Gasteiger partial charge >= 0.3 is 12.1 Å². The highest BCUT2D eigenvalue weighted by atomic mass is 19.4. The van der Waals surface area contributed by atoms with Crippen LogP contribution in [0, 0.1) is 0 Å². The van der Waals surface area contributed by atoms with Crippen LogP contribution in [0.5, 0.6) is 0 Å². The van der Waals surface area contributed by atoms with E-state index in [9.17, 15) is 22.8 Å². The summed E-state index contributed by atoms with van der Waals surface area (Å²) in [4.78, 5) is 23.1. The van der Waals surface area contributed by atoms with E-state index >= 15 is 0 Å². The van der Waals surface area contributed by atoms with Gasteiger partial charge in [0.25, 0.3) is 0 Å². The third-order valence-corrected chi connectivity index (χ3v) is 3.72. The van der Waals surface area contributed by atoms with Crippen LogP contribution in [0.1, 0.15) is 43.7 Å². The Morgan fingerprint density at radius 3 is 2.48 bits per heavy atom. The molecule has 0 radical (unpaired) electrons. The first-order valence-electron chi connectivity index (χ1n) is 7.66. The Labute approximate surface area is 144 Å². The van der Waals surface area contributed by atoms with E-state index in [1.807, 2.05) is 0 Å². The molecule has 0 bridgehead atoms. The molecule has 1 aromatic carbocycles. The first-order valence-corrected chi connectivity index (χ1v) is 7.66. The molecular formula is C17H22F3NO4. The number of aliphatic carboxylic acids is 1. The van der Waals surface area contributed by atoms with Crippen molar-refractivity contribution in [3.8, 4) is 0 Å². The number of hydrogen-bond acceptors (Lipinski definition) is 3. The molecule has 0 saturated carbocycles. The highest BCUT2D eigenvalue weighted by Crippen LogP contribution is 2.31. The number of ether oxygens (including phenoxy) is 1. The first kappa shape index (κ1) is 21.0. The van der Waals surface area contributed by atoms with Crippen LogP contribution in [0.15, 0.2) is 24.3 Å². The van der Waals surface area contributed by atoms with Gasteiger partial charge in [0.05, 0.1) is 24.1 Å². The average molecular weight is 361 g/mol. The molecule has 2 atom stereocenters. The van der Waals surface area contributed by atoms with E-state index in [4.69, 9.17) is 9.84 Å². The fraction of sp³-hybridized carbons (Fsp3) is 0.529. The van der Waals surface area contributed by atoms with E-state index < -0.39 is 35.1 Å². The zero-order valence-electron chi connectivity index (χ0n) is 14.3. The molecule has 0 heterocycles. The molecule has 0 saturated heterocycles. The van der Waals surface area contributed by atoms with Gasteiger partial charge in [0.2, 0.25) is 5.91 Å². The van der Waals surface area contributed by atoms with Crippen molar-refractivity contribution in [3.63, 3.8) is 0 Å². The molecule has 0 aliphatic carbocycles. The maximum Gasteiger partial charge on any atom is 0.416 e. The van der Waals surface area contributed by atoms with Crippen LogP contribution >= 0.6 is 0 Å². The molecule has 2 N–H and O–H groups in total. The molecule has 25 heavy (non-hydrogen) atoms. The SMILES string of the molecule is COCC(C)(CC(=O)O)NC(=O)CC(C)c1cccc(C(F)(F)F)c1. The van der Waals surface area contributed by atoms with E-state index in [2.05, 4.69) is 5.32 Å². The van der Waals surface area contributed by atoms with E-state index in [-0.39, 0.29) is 19.4 Å². The van der Waals surface area contributed by atoms with Crippen molar-refractivity contribution in [2.45, 2.75) is 44.3 Å². The smallest absolute Gasteiger partial charge is 0.416 e. The molecule has 1 rings (SSSR count). The summed E-state index contributed by atoms with van der Waals surface area (Å²) in [7, 11) is 1.39. The second kappa shape index (κ2) is 8.33. The monoisotopic (exact) mass is 361 g/mol. The molecule has 8 heteroatoms. The van der Waals surface area contributed by atoms with Crippen molar-refractivity contribution in [2.24, 2.45) is 0 Å². The lowest BCUT2D eigenvalue weighted by atomic mass is 9.94. The molecule has 0 aromatic heterocycles. The lowest BCUT2D eigenvalue weighted by Crippen LogP contribution is -2.51. The molecule has 0 fully saturated rings. The summed E-state index contributed by atoms with van der Waals surface area (Å²) >= 11 is 0. The number of halogens is 3. The van der Waals surface area contributed by atoms with Crippen molar-refractivity contribution in [2.75, 3.05) is 13.7 Å². The lowest BCUT2D eigenvalue weighted by molar-refractivity contribution is -0.140. The molecule has 5 nitrogen and oxygen atoms in total. The van der Waals surface area contributed by atoms with Gasteiger partial charge in [-0.2, -0.15) is 13.2 Å². The molecule has 1 aromatic rings. The molecule has 0 aliphatic heterocycles. The first-order chi connectivity index (χ1) is 11.5. The van der Waals surface area contributed by atoms with Gasteiger partial charge in [-0.1, -0.05) is 25.1 Å². The molecule has 1 amide bonds. The van der Waals surface area contributed by atoms with Crippen LogP contribution in [0.2, 0.25) is 0 Å². The lowest BCUT2D eigenvalue weighted by Gasteiger charge is -2.29. The molecular weight excluding hydrogens is 339 g/mol. The minimum Gasteiger partial charge on any atom is -0.481 e. The largest absolute Gasteiger partial charge is 0.481 e. The Morgan fingerprint density at radius 2 is 1.96 bits per heavy atom. The molecule has 0 aliphatic rings. The van der Waals surface area contributed by atoms with E-state index in [1.54, 1.807) is 6.92 Å². The number of rotatable bonds is 8. The fourth-order valence-corrected chi connectivity index (χ4v) is 2.59. The Morgan fingerprint density at radius 1 is 1.32 bits per heavy atom. The summed E-state index contributed by atoms with van der Waals surface area (Å²) < 4.78 is 43.3. The third kappa shape index (κ3) is 6.74. The van der Waals surface area contributed by atoms with Crippen LogP contribution in [-0.4, -0.2) is 36.2 Å². The molecule has 0 spiro atoms. The maximum absolute atomic E-state index is 12.8. The predicted octanol–water partition coefficient (Wildman–Crippen LogP) is 3.20. The van der Waals surface area contributed by atoms with Gasteiger partial charge in [-0.25, -0.2) is 0 Å². The summed E-state index contributed by atoms with van der Waals surface area (Å²) in [5.41, 5.74) is -1.48. The van der Waals surface area contributed by atoms with Gasteiger partial charge in [-0.15, -0.1) is 0 Å². The van der Waals surface area contributed by atoms with E-state index in [1.165, 1.54) is 26.2 Å². The van der Waals surface area contributed by atoms with Crippen molar-refractivity contribution < 1.29 is 32.6 Å². The van der Waals surface area contributed by atoms with Gasteiger partial charge in [0.15, 0.2) is 0 Å². The van der Waals surface area contributed by atoms with Crippen LogP contribution in [0.4, 0.5) is 13.2 Å². The Balaban J connectivity index is 2.80. The van der Waals surface area contributed by atoms with Crippen LogP contribution in [-0.2, 0) is 20.5 Å². The van der Waals surface area contributed by atoms with Crippen molar-refractivity contribution in [3.05, 3.63) is 35.4 Å². The summed E-state index contributed by atoms with van der Waals surface area (Å²) in [6, 6.07) is 4.81. The number of carboxylic acids is 1. The van der Waals surface area contributed by atoms with Gasteiger partial charge < -0.3 is 15.2 Å². The summed E-state index contributed by atoms with van der Waals surface area (Å²) in [5, 5.41) is 11.5. The zero-order chi connectivity index (χ0) is 19.3. The Kier molecular flexibility index (Phi) is 6.98. The maximum atomic E-state index is 12.8. The highest BCUT2D eigenvalue weighted by Gasteiger charge is 2.32. The molecule has 140 valence electrons. The fourth-order valence-electron chi connectivity index (χ4n) is 2.59. The zero-order valence-corrected chi connectivity index (χ0v) is 14.3. The minimum absolute atomic E-state index is 0.00296. The number of benzene rings is 1. The van der Waals surface area contributed by atoms with Crippen molar-refractivity contribution in [1.82, 2.24) is 5.32 Å². The van der Waals surface area contributed by atoms with Crippen molar-refractivity contribution >= 4 is 11.9 Å². The number of carbonyl (C=O) groups excluding carboxylic acids is 1. The van der Waals surface area contributed by atoms with E-state index in [0.29, 0.717) is 5.56 Å². The number of hydrogen-bond donors (Lipinski definition) is 2. The Bertz CT molecular complexity index is 618. The predicted molar refractivity (Wildman–Crippen MR) is 85.2 cm³/mol. The quantitative estimate of drug-likeness (QED) is 0.746. The second-order valence-electron chi connectivity index (χ2n) is 6.34.